The number of rotatable bonds is 5. The minimum atomic E-state index is -0.0889. The van der Waals surface area contributed by atoms with Crippen LogP contribution in [0.15, 0.2) is 30.6 Å². The summed E-state index contributed by atoms with van der Waals surface area (Å²) in [6, 6.07) is 8.20. The van der Waals surface area contributed by atoms with Gasteiger partial charge in [0.25, 0.3) is 5.91 Å². The van der Waals surface area contributed by atoms with Crippen LogP contribution in [0.2, 0.25) is 0 Å². The van der Waals surface area contributed by atoms with E-state index in [9.17, 15) is 9.59 Å². The van der Waals surface area contributed by atoms with Crippen molar-refractivity contribution in [3.8, 4) is 5.75 Å². The van der Waals surface area contributed by atoms with Crippen molar-refractivity contribution in [1.29, 1.82) is 0 Å². The molecule has 1 N–H and O–H groups in total. The molecule has 0 radical (unpaired) electrons. The summed E-state index contributed by atoms with van der Waals surface area (Å²) in [5.74, 6) is 0.907. The van der Waals surface area contributed by atoms with Gasteiger partial charge in [0.2, 0.25) is 5.91 Å². The summed E-state index contributed by atoms with van der Waals surface area (Å²) in [5.41, 5.74) is 2.37. The van der Waals surface area contributed by atoms with Gasteiger partial charge in [0.1, 0.15) is 11.9 Å². The Bertz CT molecular complexity index is 1000. The van der Waals surface area contributed by atoms with E-state index in [0.717, 1.165) is 29.8 Å². The number of nitrogens with zero attached hydrogens (tertiary/aromatic N) is 3. The van der Waals surface area contributed by atoms with E-state index in [4.69, 9.17) is 9.47 Å². The molecule has 1 saturated carbocycles. The maximum atomic E-state index is 13.2. The van der Waals surface area contributed by atoms with Crippen LogP contribution in [-0.4, -0.2) is 52.5 Å². The minimum absolute atomic E-state index is 0.00419. The maximum absolute atomic E-state index is 13.2. The molecule has 3 heterocycles. The van der Waals surface area contributed by atoms with Crippen molar-refractivity contribution in [2.75, 3.05) is 20.2 Å². The van der Waals surface area contributed by atoms with Crippen molar-refractivity contribution in [2.45, 2.75) is 70.2 Å². The molecule has 1 saturated heterocycles. The fourth-order valence-corrected chi connectivity index (χ4v) is 5.39. The van der Waals surface area contributed by atoms with Crippen molar-refractivity contribution >= 4 is 11.8 Å². The number of benzene rings is 1. The van der Waals surface area contributed by atoms with E-state index in [1.54, 1.807) is 13.4 Å². The molecule has 1 unspecified atom stereocenters. The summed E-state index contributed by atoms with van der Waals surface area (Å²) < 4.78 is 13.4. The van der Waals surface area contributed by atoms with E-state index in [0.29, 0.717) is 50.8 Å². The molecule has 0 spiro atoms. The van der Waals surface area contributed by atoms with Gasteiger partial charge >= 0.3 is 0 Å². The van der Waals surface area contributed by atoms with Crippen LogP contribution in [0, 0.1) is 5.92 Å². The van der Waals surface area contributed by atoms with E-state index in [2.05, 4.69) is 10.3 Å². The second-order valence-corrected chi connectivity index (χ2v) is 9.68. The van der Waals surface area contributed by atoms with Gasteiger partial charge < -0.3 is 24.3 Å². The van der Waals surface area contributed by atoms with Gasteiger partial charge in [-0.25, -0.2) is 4.98 Å². The molecule has 2 aliphatic heterocycles. The fourth-order valence-electron chi connectivity index (χ4n) is 5.39. The smallest absolute Gasteiger partial charge is 0.274 e. The number of hydrogen-bond acceptors (Lipinski definition) is 5. The van der Waals surface area contributed by atoms with Crippen LogP contribution in [0.3, 0.4) is 0 Å². The van der Waals surface area contributed by atoms with E-state index in [-0.39, 0.29) is 23.8 Å². The molecule has 182 valence electrons. The van der Waals surface area contributed by atoms with Gasteiger partial charge in [0, 0.05) is 25.0 Å². The Morgan fingerprint density at radius 1 is 1.06 bits per heavy atom. The zero-order valence-corrected chi connectivity index (χ0v) is 19.9. The Hall–Kier alpha value is -2.87. The summed E-state index contributed by atoms with van der Waals surface area (Å²) in [4.78, 5) is 32.2. The number of aromatic nitrogens is 2. The number of carbonyl (C=O) groups is 2. The zero-order chi connectivity index (χ0) is 23.5. The van der Waals surface area contributed by atoms with Crippen LogP contribution in [0.4, 0.5) is 0 Å². The fraction of sp³-hybridized carbons (Fsp3) is 0.577. The molecule has 2 aromatic rings. The monoisotopic (exact) mass is 466 g/mol. The molecule has 2 amide bonds. The second-order valence-electron chi connectivity index (χ2n) is 9.68. The van der Waals surface area contributed by atoms with Crippen LogP contribution < -0.4 is 10.1 Å². The normalized spacial score (nSPS) is 21.7. The lowest BCUT2D eigenvalue weighted by atomic mass is 9.92. The molecular weight excluding hydrogens is 432 g/mol. The average Bonchev–Trinajstić information content (AvgIpc) is 3.32. The van der Waals surface area contributed by atoms with Crippen LogP contribution in [0.25, 0.3) is 0 Å². The molecule has 1 aromatic heterocycles. The third-order valence-electron chi connectivity index (χ3n) is 7.52. The lowest BCUT2D eigenvalue weighted by Gasteiger charge is -2.33. The predicted octanol–water partition coefficient (Wildman–Crippen LogP) is 3.46. The number of hydrogen-bond donors (Lipinski definition) is 1. The Morgan fingerprint density at radius 2 is 1.79 bits per heavy atom. The van der Waals surface area contributed by atoms with Crippen LogP contribution in [-0.2, 0) is 22.7 Å². The Kier molecular flexibility index (Phi) is 6.85. The Balaban J connectivity index is 1.16. The van der Waals surface area contributed by atoms with Gasteiger partial charge in [0.15, 0.2) is 5.69 Å². The molecule has 5 rings (SSSR count). The number of fused-ring (bicyclic) bond motifs is 1. The van der Waals surface area contributed by atoms with E-state index in [1.807, 2.05) is 33.7 Å². The zero-order valence-electron chi connectivity index (χ0n) is 19.9. The van der Waals surface area contributed by atoms with Gasteiger partial charge in [-0.2, -0.15) is 0 Å². The van der Waals surface area contributed by atoms with Crippen LogP contribution >= 0.6 is 0 Å². The first-order valence-electron chi connectivity index (χ1n) is 12.5. The number of piperidine rings is 1. The van der Waals surface area contributed by atoms with Crippen molar-refractivity contribution in [1.82, 2.24) is 19.8 Å². The van der Waals surface area contributed by atoms with Crippen LogP contribution in [0.5, 0.6) is 5.75 Å². The standard InChI is InChI=1S/C26H34N4O4/c1-33-21-9-7-18(8-10-21)23-15-30-17-27-24(22(30)16-34-23)26(32)29-13-11-19(12-14-29)25(31)28-20-5-3-2-4-6-20/h7-10,17,19-20,23H,2-6,11-16H2,1H3,(H,28,31). The second kappa shape index (κ2) is 10.2. The first-order valence-corrected chi connectivity index (χ1v) is 12.5. The SMILES string of the molecule is COc1ccc(C2Cn3cnc(C(=O)N4CCC(C(=O)NC5CCCCC5)CC4)c3CO2)cc1. The summed E-state index contributed by atoms with van der Waals surface area (Å²) in [7, 11) is 1.65. The average molecular weight is 467 g/mol. The minimum Gasteiger partial charge on any atom is -0.497 e. The topological polar surface area (TPSA) is 85.7 Å². The first-order chi connectivity index (χ1) is 16.6. The molecule has 1 aliphatic carbocycles. The first kappa shape index (κ1) is 22.9. The Morgan fingerprint density at radius 3 is 2.50 bits per heavy atom. The lowest BCUT2D eigenvalue weighted by Crippen LogP contribution is -2.46. The number of nitrogens with one attached hydrogen (secondary N) is 1. The van der Waals surface area contributed by atoms with Gasteiger partial charge in [-0.3, -0.25) is 9.59 Å². The molecule has 8 nitrogen and oxygen atoms in total. The largest absolute Gasteiger partial charge is 0.497 e. The number of imidazole rings is 1. The van der Waals surface area contributed by atoms with Crippen molar-refractivity contribution < 1.29 is 19.1 Å². The van der Waals surface area contributed by atoms with Gasteiger partial charge in [-0.05, 0) is 43.4 Å². The summed E-state index contributed by atoms with van der Waals surface area (Å²) in [6.45, 7) is 2.13. The highest BCUT2D eigenvalue weighted by atomic mass is 16.5. The molecule has 3 aliphatic rings. The van der Waals surface area contributed by atoms with E-state index >= 15 is 0 Å². The van der Waals surface area contributed by atoms with Gasteiger partial charge in [0.05, 0.1) is 32.3 Å². The Labute approximate surface area is 200 Å². The third kappa shape index (κ3) is 4.82. The molecule has 8 heteroatoms. The van der Waals surface area contributed by atoms with Crippen molar-refractivity contribution in [3.05, 3.63) is 47.5 Å². The molecular formula is C26H34N4O4. The van der Waals surface area contributed by atoms with Gasteiger partial charge in [-0.15, -0.1) is 0 Å². The van der Waals surface area contributed by atoms with Crippen LogP contribution in [0.1, 0.15) is 72.8 Å². The van der Waals surface area contributed by atoms with Crippen molar-refractivity contribution in [3.63, 3.8) is 0 Å². The molecule has 0 bridgehead atoms. The molecule has 34 heavy (non-hydrogen) atoms. The van der Waals surface area contributed by atoms with E-state index in [1.165, 1.54) is 19.3 Å². The number of methoxy groups -OCH3 is 1. The highest BCUT2D eigenvalue weighted by Gasteiger charge is 2.32. The number of carbonyl (C=O) groups excluding carboxylic acids is 2. The maximum Gasteiger partial charge on any atom is 0.274 e. The van der Waals surface area contributed by atoms with Gasteiger partial charge in [-0.1, -0.05) is 31.4 Å². The molecule has 2 fully saturated rings. The third-order valence-corrected chi connectivity index (χ3v) is 7.52. The summed E-state index contributed by atoms with van der Waals surface area (Å²) >= 11 is 0. The highest BCUT2D eigenvalue weighted by Crippen LogP contribution is 2.30. The lowest BCUT2D eigenvalue weighted by molar-refractivity contribution is -0.127. The number of amides is 2. The number of ether oxygens (including phenoxy) is 2. The quantitative estimate of drug-likeness (QED) is 0.729. The predicted molar refractivity (Wildman–Crippen MR) is 126 cm³/mol. The van der Waals surface area contributed by atoms with E-state index < -0.39 is 0 Å². The number of likely N-dealkylation sites (tertiary alicyclic amines) is 1. The van der Waals surface area contributed by atoms with Crippen molar-refractivity contribution in [2.24, 2.45) is 5.92 Å². The summed E-state index contributed by atoms with van der Waals surface area (Å²) in [5, 5.41) is 3.24. The summed E-state index contributed by atoms with van der Waals surface area (Å²) in [6.07, 6.45) is 8.94. The molecule has 1 aromatic carbocycles. The molecule has 1 atom stereocenters. The highest BCUT2D eigenvalue weighted by molar-refractivity contribution is 5.93.